The van der Waals surface area contributed by atoms with Crippen molar-refractivity contribution >= 4 is 23.6 Å². The summed E-state index contributed by atoms with van der Waals surface area (Å²) in [4.78, 5) is 43.2. The number of aromatic hydroxyl groups is 1. The van der Waals surface area contributed by atoms with Crippen LogP contribution in [-0.4, -0.2) is 56.7 Å². The van der Waals surface area contributed by atoms with Gasteiger partial charge in [0.2, 0.25) is 11.3 Å². The summed E-state index contributed by atoms with van der Waals surface area (Å²) in [7, 11) is 0. The van der Waals surface area contributed by atoms with Crippen LogP contribution in [0.25, 0.3) is 0 Å². The highest BCUT2D eigenvalue weighted by molar-refractivity contribution is 7.98. The SMILES string of the molecule is O=C1CC[C@H]2CN3C(=O)c4c(O)c(=O)ccn4N([C@@H]4c5ccccc5SCc5c4ccc(F)c5F)[C@@H]3CN12. The van der Waals surface area contributed by atoms with Crippen molar-refractivity contribution in [2.24, 2.45) is 0 Å². The maximum absolute atomic E-state index is 15.3. The molecule has 2 fully saturated rings. The molecule has 8 nitrogen and oxygen atoms in total. The zero-order valence-corrected chi connectivity index (χ0v) is 20.8. The third kappa shape index (κ3) is 3.17. The molecule has 0 bridgehead atoms. The lowest BCUT2D eigenvalue weighted by molar-refractivity contribution is -0.132. The van der Waals surface area contributed by atoms with Crippen LogP contribution in [0.2, 0.25) is 0 Å². The van der Waals surface area contributed by atoms with Crippen molar-refractivity contribution in [3.8, 4) is 5.75 Å². The van der Waals surface area contributed by atoms with Gasteiger partial charge < -0.3 is 14.9 Å². The molecule has 2 aromatic carbocycles. The number of amides is 2. The van der Waals surface area contributed by atoms with Crippen LogP contribution in [0.5, 0.6) is 5.75 Å². The first-order chi connectivity index (χ1) is 18.3. The molecule has 2 saturated heterocycles. The molecule has 0 aliphatic carbocycles. The van der Waals surface area contributed by atoms with Crippen molar-refractivity contribution < 1.29 is 23.5 Å². The molecule has 5 heterocycles. The number of hydrogen-bond acceptors (Lipinski definition) is 6. The monoisotopic (exact) mass is 536 g/mol. The zero-order valence-electron chi connectivity index (χ0n) is 20.0. The maximum Gasteiger partial charge on any atom is 0.278 e. The Morgan fingerprint density at radius 1 is 0.947 bits per heavy atom. The number of halogens is 2. The number of benzene rings is 2. The van der Waals surface area contributed by atoms with Gasteiger partial charge >= 0.3 is 0 Å². The van der Waals surface area contributed by atoms with Crippen LogP contribution >= 0.6 is 11.8 Å². The molecule has 0 unspecified atom stereocenters. The number of thioether (sulfide) groups is 1. The molecule has 7 rings (SSSR count). The summed E-state index contributed by atoms with van der Waals surface area (Å²) >= 11 is 1.39. The predicted molar refractivity (Wildman–Crippen MR) is 134 cm³/mol. The van der Waals surface area contributed by atoms with E-state index in [4.69, 9.17) is 0 Å². The highest BCUT2D eigenvalue weighted by Crippen LogP contribution is 2.45. The predicted octanol–water partition coefficient (Wildman–Crippen LogP) is 2.95. The number of hydrogen-bond donors (Lipinski definition) is 1. The Labute approximate surface area is 220 Å². The van der Waals surface area contributed by atoms with Gasteiger partial charge in [0, 0.05) is 41.4 Å². The Hall–Kier alpha value is -3.86. The van der Waals surface area contributed by atoms with Crippen molar-refractivity contribution in [3.05, 3.63) is 92.9 Å². The molecule has 194 valence electrons. The van der Waals surface area contributed by atoms with Crippen LogP contribution in [-0.2, 0) is 10.5 Å². The molecule has 0 spiro atoms. The van der Waals surface area contributed by atoms with Crippen LogP contribution in [0, 0.1) is 11.6 Å². The second-order valence-electron chi connectivity index (χ2n) is 9.94. The van der Waals surface area contributed by atoms with Crippen LogP contribution in [0.4, 0.5) is 8.78 Å². The number of aromatic nitrogens is 1. The molecule has 11 heteroatoms. The summed E-state index contributed by atoms with van der Waals surface area (Å²) in [5.41, 5.74) is 0.635. The first kappa shape index (κ1) is 23.3. The van der Waals surface area contributed by atoms with Crippen LogP contribution in [0.15, 0.2) is 58.4 Å². The van der Waals surface area contributed by atoms with E-state index < -0.39 is 40.9 Å². The smallest absolute Gasteiger partial charge is 0.278 e. The van der Waals surface area contributed by atoms with E-state index in [1.807, 2.05) is 29.3 Å². The third-order valence-electron chi connectivity index (χ3n) is 8.03. The van der Waals surface area contributed by atoms with Gasteiger partial charge in [0.25, 0.3) is 5.91 Å². The molecular formula is C27H22F2N4O4S. The molecule has 1 aromatic heterocycles. The van der Waals surface area contributed by atoms with E-state index in [0.29, 0.717) is 18.4 Å². The molecule has 0 radical (unpaired) electrons. The minimum Gasteiger partial charge on any atom is -0.502 e. The quantitative estimate of drug-likeness (QED) is 0.515. The topological polar surface area (TPSA) is 86.1 Å². The largest absolute Gasteiger partial charge is 0.502 e. The minimum atomic E-state index is -0.950. The number of pyridine rings is 1. The second-order valence-corrected chi connectivity index (χ2v) is 11.0. The summed E-state index contributed by atoms with van der Waals surface area (Å²) in [5, 5.41) is 12.6. The summed E-state index contributed by atoms with van der Waals surface area (Å²) < 4.78 is 31.1. The van der Waals surface area contributed by atoms with E-state index in [9.17, 15) is 23.9 Å². The van der Waals surface area contributed by atoms with Gasteiger partial charge in [-0.25, -0.2) is 8.78 Å². The summed E-state index contributed by atoms with van der Waals surface area (Å²) in [6.45, 7) is 0.439. The number of fused-ring (bicyclic) bond motifs is 5. The van der Waals surface area contributed by atoms with Gasteiger partial charge in [0.1, 0.15) is 6.17 Å². The fourth-order valence-corrected chi connectivity index (χ4v) is 7.35. The summed E-state index contributed by atoms with van der Waals surface area (Å²) in [5.74, 6) is -2.87. The standard InChI is InChI=1S/C27H22F2N4O4S/c28-18-7-6-15-17(23(18)29)13-38-20-4-2-1-3-16(20)24(15)33-21-12-30-14(5-8-22(30)35)11-31(21)27(37)25-26(36)19(34)9-10-32(25)33/h1-4,6-7,9-10,14,21,24,36H,5,8,11-13H2/t14-,21+,24-/m0/s1. The molecule has 38 heavy (non-hydrogen) atoms. The van der Waals surface area contributed by atoms with Crippen molar-refractivity contribution in [1.82, 2.24) is 14.5 Å². The van der Waals surface area contributed by atoms with E-state index >= 15 is 4.39 Å². The Balaban J connectivity index is 1.52. The van der Waals surface area contributed by atoms with Gasteiger partial charge in [-0.1, -0.05) is 24.3 Å². The average molecular weight is 537 g/mol. The summed E-state index contributed by atoms with van der Waals surface area (Å²) in [6, 6.07) is 10.5. The van der Waals surface area contributed by atoms with Crippen molar-refractivity contribution in [3.63, 3.8) is 0 Å². The first-order valence-electron chi connectivity index (χ1n) is 12.4. The second kappa shape index (κ2) is 8.32. The Bertz CT molecular complexity index is 1590. The molecule has 3 atom stereocenters. The lowest BCUT2D eigenvalue weighted by Crippen LogP contribution is -2.70. The lowest BCUT2D eigenvalue weighted by Gasteiger charge is -2.54. The van der Waals surface area contributed by atoms with Gasteiger partial charge in [-0.05, 0) is 29.7 Å². The highest BCUT2D eigenvalue weighted by atomic mass is 32.2. The lowest BCUT2D eigenvalue weighted by atomic mass is 9.92. The van der Waals surface area contributed by atoms with E-state index in [1.165, 1.54) is 28.7 Å². The molecule has 4 aliphatic rings. The van der Waals surface area contributed by atoms with Gasteiger partial charge in [0.15, 0.2) is 23.1 Å². The van der Waals surface area contributed by atoms with E-state index in [2.05, 4.69) is 0 Å². The highest BCUT2D eigenvalue weighted by Gasteiger charge is 2.51. The van der Waals surface area contributed by atoms with Crippen LogP contribution in [0.3, 0.4) is 0 Å². The maximum atomic E-state index is 15.3. The molecule has 3 aromatic rings. The zero-order chi connectivity index (χ0) is 26.3. The minimum absolute atomic E-state index is 0.000868. The molecule has 1 N–H and O–H groups in total. The first-order valence-corrected chi connectivity index (χ1v) is 13.4. The number of nitrogens with zero attached hydrogens (tertiary/aromatic N) is 4. The summed E-state index contributed by atoms with van der Waals surface area (Å²) in [6.07, 6.45) is 1.73. The number of carbonyl (C=O) groups excluding carboxylic acids is 2. The van der Waals surface area contributed by atoms with E-state index in [-0.39, 0.29) is 42.0 Å². The van der Waals surface area contributed by atoms with Gasteiger partial charge in [-0.2, -0.15) is 0 Å². The van der Waals surface area contributed by atoms with E-state index in [0.717, 1.165) is 16.5 Å². The number of piperazine rings is 1. The Kier molecular flexibility index (Phi) is 5.10. The van der Waals surface area contributed by atoms with Crippen LogP contribution < -0.4 is 10.4 Å². The van der Waals surface area contributed by atoms with Crippen molar-refractivity contribution in [2.75, 3.05) is 18.1 Å². The fourth-order valence-electron chi connectivity index (χ4n) is 6.24. The molecule has 0 saturated carbocycles. The fraction of sp³-hybridized carbons (Fsp3) is 0.296. The van der Waals surface area contributed by atoms with E-state index in [1.54, 1.807) is 15.9 Å². The molecule has 2 amide bonds. The average Bonchev–Trinajstić information content (AvgIpc) is 3.19. The molecular weight excluding hydrogens is 514 g/mol. The normalized spacial score (nSPS) is 23.8. The Morgan fingerprint density at radius 3 is 2.61 bits per heavy atom. The van der Waals surface area contributed by atoms with Crippen molar-refractivity contribution in [2.45, 2.75) is 41.7 Å². The van der Waals surface area contributed by atoms with Crippen molar-refractivity contribution in [1.29, 1.82) is 0 Å². The molecule has 4 aliphatic heterocycles. The van der Waals surface area contributed by atoms with Gasteiger partial charge in [-0.15, -0.1) is 11.8 Å². The van der Waals surface area contributed by atoms with Gasteiger partial charge in [0.05, 0.1) is 18.6 Å². The number of rotatable bonds is 1. The Morgan fingerprint density at radius 2 is 1.76 bits per heavy atom. The van der Waals surface area contributed by atoms with Crippen LogP contribution in [0.1, 0.15) is 46.1 Å². The van der Waals surface area contributed by atoms with Gasteiger partial charge in [-0.3, -0.25) is 24.1 Å². The number of carbonyl (C=O) groups is 2. The third-order valence-corrected chi connectivity index (χ3v) is 9.14.